The van der Waals surface area contributed by atoms with Crippen molar-refractivity contribution in [2.24, 2.45) is 5.92 Å². The highest BCUT2D eigenvalue weighted by atomic mass is 28.4. The topological polar surface area (TPSA) is 111 Å². The van der Waals surface area contributed by atoms with Gasteiger partial charge in [-0.05, 0) is 81.1 Å². The van der Waals surface area contributed by atoms with Gasteiger partial charge in [0.05, 0.1) is 18.3 Å². The molecule has 3 amide bonds. The zero-order chi connectivity index (χ0) is 33.3. The molecule has 4 heterocycles. The van der Waals surface area contributed by atoms with E-state index in [0.717, 1.165) is 86.1 Å². The summed E-state index contributed by atoms with van der Waals surface area (Å²) >= 11 is 0. The van der Waals surface area contributed by atoms with Gasteiger partial charge < -0.3 is 29.3 Å². The smallest absolute Gasteiger partial charge is 0.264 e. The van der Waals surface area contributed by atoms with Crippen molar-refractivity contribution < 1.29 is 29.0 Å². The number of aliphatic hydroxyl groups excluding tert-OH is 1. The van der Waals surface area contributed by atoms with E-state index in [1.54, 1.807) is 4.90 Å². The van der Waals surface area contributed by atoms with Crippen molar-refractivity contribution >= 4 is 43.1 Å². The molecule has 2 aromatic rings. The molecule has 0 aromatic heterocycles. The predicted molar refractivity (Wildman–Crippen MR) is 186 cm³/mol. The first-order chi connectivity index (χ1) is 22.6. The van der Waals surface area contributed by atoms with Crippen LogP contribution in [0, 0.1) is 5.92 Å². The largest absolute Gasteiger partial charge is 0.432 e. The summed E-state index contributed by atoms with van der Waals surface area (Å²) in [6.07, 6.45) is 9.02. The van der Waals surface area contributed by atoms with E-state index in [0.29, 0.717) is 32.4 Å². The van der Waals surface area contributed by atoms with Crippen LogP contribution < -0.4 is 14.7 Å². The van der Waals surface area contributed by atoms with Crippen molar-refractivity contribution in [1.29, 1.82) is 0 Å². The Morgan fingerprint density at radius 3 is 2.00 bits per heavy atom. The molecule has 1 spiro atoms. The van der Waals surface area contributed by atoms with Crippen molar-refractivity contribution in [2.75, 3.05) is 34.4 Å². The molecule has 6 rings (SSSR count). The molecule has 4 aliphatic heterocycles. The highest BCUT2D eigenvalue weighted by molar-refractivity contribution is 6.71. The lowest BCUT2D eigenvalue weighted by atomic mass is 9.82. The molecule has 4 atom stereocenters. The minimum atomic E-state index is -2.84. The summed E-state index contributed by atoms with van der Waals surface area (Å²) in [5.74, 6) is -0.269. The molecule has 3 saturated heterocycles. The molecule has 0 saturated carbocycles. The molecule has 4 aliphatic rings. The minimum Gasteiger partial charge on any atom is -0.432 e. The standard InChI is InChI=1S/C37H51N3O6Si/c1-26-35(47(2,3)45)32(20-23-41)46-37(26)30-24-29(39-22-11-7-5-9-13-34(39)43)18-19-31(30)40(36(37)44)25-27-14-16-28(17-15-27)38-21-10-6-4-8-12-33(38)42/h14-19,24,26,32,35,41,45H,4-13,20-23,25H2,1-3H3/t26-,32+,35-,37+/m0/s1. The number of ether oxygens (including phenoxy) is 1. The Hall–Kier alpha value is -3.05. The second-order valence-corrected chi connectivity index (χ2v) is 18.5. The van der Waals surface area contributed by atoms with Gasteiger partial charge in [0.2, 0.25) is 11.8 Å². The molecule has 0 radical (unpaired) electrons. The van der Waals surface area contributed by atoms with Crippen molar-refractivity contribution in [1.82, 2.24) is 0 Å². The maximum Gasteiger partial charge on any atom is 0.264 e. The third kappa shape index (κ3) is 6.42. The Morgan fingerprint density at radius 1 is 0.830 bits per heavy atom. The van der Waals surface area contributed by atoms with E-state index in [4.69, 9.17) is 4.74 Å². The maximum absolute atomic E-state index is 14.8. The molecule has 10 heteroatoms. The zero-order valence-electron chi connectivity index (χ0n) is 28.2. The molecular formula is C37H51N3O6Si. The summed E-state index contributed by atoms with van der Waals surface area (Å²) < 4.78 is 6.83. The van der Waals surface area contributed by atoms with Gasteiger partial charge in [-0.15, -0.1) is 0 Å². The molecule has 254 valence electrons. The van der Waals surface area contributed by atoms with Crippen LogP contribution in [0.1, 0.15) is 88.7 Å². The van der Waals surface area contributed by atoms with Gasteiger partial charge in [-0.1, -0.05) is 44.7 Å². The van der Waals surface area contributed by atoms with Crippen molar-refractivity contribution in [2.45, 2.75) is 114 Å². The fourth-order valence-corrected chi connectivity index (χ4v) is 11.2. The molecule has 0 aliphatic carbocycles. The fourth-order valence-electron chi connectivity index (χ4n) is 8.62. The molecule has 2 N–H and O–H groups in total. The SMILES string of the molecule is C[C@H]1[C@H]([Si](C)(C)O)[C@@H](CCO)O[C@]12C(=O)N(Cc1ccc(N3CCCCCCC3=O)cc1)c1ccc(N3CCCCCCC3=O)cc12. The van der Waals surface area contributed by atoms with Crippen LogP contribution in [0.4, 0.5) is 17.1 Å². The van der Waals surface area contributed by atoms with Gasteiger partial charge in [0.1, 0.15) is 0 Å². The number of hydrogen-bond donors (Lipinski definition) is 2. The lowest BCUT2D eigenvalue weighted by Gasteiger charge is -2.33. The van der Waals surface area contributed by atoms with E-state index in [-0.39, 0.29) is 35.8 Å². The Morgan fingerprint density at radius 2 is 1.40 bits per heavy atom. The van der Waals surface area contributed by atoms with Crippen LogP contribution in [0.25, 0.3) is 0 Å². The van der Waals surface area contributed by atoms with Gasteiger partial charge in [0, 0.05) is 60.9 Å². The van der Waals surface area contributed by atoms with E-state index in [1.807, 2.05) is 72.3 Å². The maximum atomic E-state index is 14.8. The molecule has 3 fully saturated rings. The number of benzene rings is 2. The van der Waals surface area contributed by atoms with Crippen LogP contribution >= 0.6 is 0 Å². The van der Waals surface area contributed by atoms with Crippen LogP contribution in [-0.2, 0) is 31.3 Å². The second-order valence-electron chi connectivity index (χ2n) is 14.6. The van der Waals surface area contributed by atoms with Gasteiger partial charge in [-0.3, -0.25) is 14.4 Å². The van der Waals surface area contributed by atoms with E-state index >= 15 is 0 Å². The monoisotopic (exact) mass is 661 g/mol. The van der Waals surface area contributed by atoms with Crippen LogP contribution in [-0.4, -0.2) is 61.7 Å². The summed E-state index contributed by atoms with van der Waals surface area (Å²) in [5.41, 5.74) is 2.44. The van der Waals surface area contributed by atoms with Gasteiger partial charge in [-0.2, -0.15) is 0 Å². The van der Waals surface area contributed by atoms with Crippen LogP contribution in [0.2, 0.25) is 18.6 Å². The number of fused-ring (bicyclic) bond motifs is 2. The number of amides is 3. The summed E-state index contributed by atoms with van der Waals surface area (Å²) in [6.45, 7) is 7.33. The normalized spacial score (nSPS) is 27.6. The highest BCUT2D eigenvalue weighted by Gasteiger charge is 2.66. The van der Waals surface area contributed by atoms with Gasteiger partial charge in [-0.25, -0.2) is 0 Å². The number of aliphatic hydroxyl groups is 1. The zero-order valence-corrected chi connectivity index (χ0v) is 29.2. The second kappa shape index (κ2) is 13.8. The van der Waals surface area contributed by atoms with E-state index in [1.165, 1.54) is 0 Å². The molecule has 9 nitrogen and oxygen atoms in total. The van der Waals surface area contributed by atoms with Crippen molar-refractivity contribution in [3.8, 4) is 0 Å². The van der Waals surface area contributed by atoms with Gasteiger partial charge in [0.25, 0.3) is 5.91 Å². The molecule has 0 bridgehead atoms. The van der Waals surface area contributed by atoms with E-state index in [9.17, 15) is 24.3 Å². The van der Waals surface area contributed by atoms with Gasteiger partial charge >= 0.3 is 0 Å². The van der Waals surface area contributed by atoms with E-state index < -0.39 is 20.0 Å². The van der Waals surface area contributed by atoms with Crippen LogP contribution in [0.15, 0.2) is 42.5 Å². The third-order valence-corrected chi connectivity index (χ3v) is 13.4. The minimum absolute atomic E-state index is 0.0961. The molecule has 2 aromatic carbocycles. The summed E-state index contributed by atoms with van der Waals surface area (Å²) in [5, 5.41) is 9.98. The number of nitrogens with zero attached hydrogens (tertiary/aromatic N) is 3. The average Bonchev–Trinajstić information content (AvgIpc) is 3.44. The number of carbonyl (C=O) groups is 3. The Bertz CT molecular complexity index is 1480. The quantitative estimate of drug-likeness (QED) is 0.352. The van der Waals surface area contributed by atoms with Crippen LogP contribution in [0.5, 0.6) is 0 Å². The number of rotatable bonds is 7. The summed E-state index contributed by atoms with van der Waals surface area (Å²) in [4.78, 5) is 58.0. The van der Waals surface area contributed by atoms with E-state index in [2.05, 4.69) is 0 Å². The summed E-state index contributed by atoms with van der Waals surface area (Å²) in [6, 6.07) is 13.8. The Kier molecular flexibility index (Phi) is 9.95. The Labute approximate surface area is 280 Å². The number of carbonyl (C=O) groups excluding carboxylic acids is 3. The molecule has 0 unspecified atom stereocenters. The third-order valence-electron chi connectivity index (χ3n) is 10.9. The first-order valence-corrected chi connectivity index (χ1v) is 20.8. The molecule has 47 heavy (non-hydrogen) atoms. The first-order valence-electron chi connectivity index (χ1n) is 17.7. The fraction of sp³-hybridized carbons (Fsp3) is 0.595. The van der Waals surface area contributed by atoms with Crippen LogP contribution in [0.3, 0.4) is 0 Å². The lowest BCUT2D eigenvalue weighted by molar-refractivity contribution is -0.146. The highest BCUT2D eigenvalue weighted by Crippen LogP contribution is 2.60. The lowest BCUT2D eigenvalue weighted by Crippen LogP contribution is -2.46. The van der Waals surface area contributed by atoms with Crippen molar-refractivity contribution in [3.05, 3.63) is 53.6 Å². The number of anilines is 3. The average molecular weight is 662 g/mol. The predicted octanol–water partition coefficient (Wildman–Crippen LogP) is 6.01. The van der Waals surface area contributed by atoms with Gasteiger partial charge in [0.15, 0.2) is 13.9 Å². The Balaban J connectivity index is 1.37. The summed E-state index contributed by atoms with van der Waals surface area (Å²) in [7, 11) is -2.84. The molecular weight excluding hydrogens is 611 g/mol. The first kappa shape index (κ1) is 33.8. The number of hydrogen-bond acceptors (Lipinski definition) is 6. The van der Waals surface area contributed by atoms with Crippen molar-refractivity contribution in [3.63, 3.8) is 0 Å².